The van der Waals surface area contributed by atoms with Crippen molar-refractivity contribution >= 4 is 5.91 Å². The molecule has 116 valence electrons. The van der Waals surface area contributed by atoms with E-state index in [9.17, 15) is 4.79 Å². The average molecular weight is 299 g/mol. The largest absolute Gasteiger partial charge is 0.490 e. The van der Waals surface area contributed by atoms with Crippen LogP contribution in [0.3, 0.4) is 0 Å². The second-order valence-electron chi connectivity index (χ2n) is 5.80. The van der Waals surface area contributed by atoms with Gasteiger partial charge in [-0.25, -0.2) is 4.98 Å². The van der Waals surface area contributed by atoms with Gasteiger partial charge < -0.3 is 14.6 Å². The number of hydrogen-bond donors (Lipinski definition) is 1. The van der Waals surface area contributed by atoms with E-state index in [-0.39, 0.29) is 18.1 Å². The molecule has 1 aromatic heterocycles. The molecule has 0 saturated heterocycles. The summed E-state index contributed by atoms with van der Waals surface area (Å²) < 4.78 is 7.86. The summed E-state index contributed by atoms with van der Waals surface area (Å²) in [6.45, 7) is 2.67. The van der Waals surface area contributed by atoms with Crippen molar-refractivity contribution in [2.24, 2.45) is 0 Å². The van der Waals surface area contributed by atoms with Crippen molar-refractivity contribution in [3.05, 3.63) is 48.5 Å². The number of hydrogen-bond acceptors (Lipinski definition) is 3. The van der Waals surface area contributed by atoms with Crippen LogP contribution in [0.4, 0.5) is 0 Å². The lowest BCUT2D eigenvalue weighted by Crippen LogP contribution is -2.36. The number of ether oxygens (including phenoxy) is 1. The molecule has 22 heavy (non-hydrogen) atoms. The fraction of sp³-hybridized carbons (Fsp3) is 0.412. The maximum atomic E-state index is 12.5. The number of nitrogens with one attached hydrogen (secondary N) is 1. The Kier molecular flexibility index (Phi) is 4.42. The molecule has 0 radical (unpaired) electrons. The summed E-state index contributed by atoms with van der Waals surface area (Å²) in [5.74, 6) is 0.585. The SMILES string of the molecule is C[C@@H](Cn1ccnc1)NC(=O)c1ccccc1OC1CCC1. The monoisotopic (exact) mass is 299 g/mol. The lowest BCUT2D eigenvalue weighted by Gasteiger charge is -2.27. The summed E-state index contributed by atoms with van der Waals surface area (Å²) in [7, 11) is 0. The first-order valence-corrected chi connectivity index (χ1v) is 7.74. The second kappa shape index (κ2) is 6.64. The van der Waals surface area contributed by atoms with Crippen LogP contribution in [0.5, 0.6) is 5.75 Å². The first kappa shape index (κ1) is 14.6. The van der Waals surface area contributed by atoms with Crippen molar-refractivity contribution in [2.75, 3.05) is 0 Å². The minimum absolute atomic E-state index is 0.0125. The first-order chi connectivity index (χ1) is 10.7. The van der Waals surface area contributed by atoms with Crippen LogP contribution in [0, 0.1) is 0 Å². The van der Waals surface area contributed by atoms with Crippen molar-refractivity contribution in [3.63, 3.8) is 0 Å². The summed E-state index contributed by atoms with van der Waals surface area (Å²) in [6.07, 6.45) is 8.99. The number of rotatable bonds is 6. The number of benzene rings is 1. The zero-order chi connectivity index (χ0) is 15.4. The van der Waals surface area contributed by atoms with Gasteiger partial charge >= 0.3 is 0 Å². The molecule has 1 amide bonds. The van der Waals surface area contributed by atoms with Crippen LogP contribution in [-0.2, 0) is 6.54 Å². The topological polar surface area (TPSA) is 56.2 Å². The zero-order valence-corrected chi connectivity index (χ0v) is 12.7. The zero-order valence-electron chi connectivity index (χ0n) is 12.7. The Hall–Kier alpha value is -2.30. The van der Waals surface area contributed by atoms with Gasteiger partial charge in [-0.1, -0.05) is 12.1 Å². The molecule has 2 aromatic rings. The third kappa shape index (κ3) is 3.47. The van der Waals surface area contributed by atoms with E-state index in [1.165, 1.54) is 6.42 Å². The number of para-hydroxylation sites is 1. The molecule has 1 aromatic carbocycles. The number of nitrogens with zero attached hydrogens (tertiary/aromatic N) is 2. The van der Waals surface area contributed by atoms with Crippen molar-refractivity contribution in [1.29, 1.82) is 0 Å². The molecule has 0 unspecified atom stereocenters. The molecule has 1 atom stereocenters. The summed E-state index contributed by atoms with van der Waals surface area (Å²) in [5.41, 5.74) is 0.604. The van der Waals surface area contributed by atoms with Gasteiger partial charge in [-0.3, -0.25) is 4.79 Å². The van der Waals surface area contributed by atoms with Gasteiger partial charge in [0.15, 0.2) is 0 Å². The van der Waals surface area contributed by atoms with Crippen molar-refractivity contribution in [1.82, 2.24) is 14.9 Å². The average Bonchev–Trinajstić information content (AvgIpc) is 2.96. The van der Waals surface area contributed by atoms with E-state index in [4.69, 9.17) is 4.74 Å². The molecule has 3 rings (SSSR count). The minimum atomic E-state index is -0.0949. The van der Waals surface area contributed by atoms with Crippen LogP contribution in [0.15, 0.2) is 43.0 Å². The minimum Gasteiger partial charge on any atom is -0.490 e. The third-order valence-electron chi connectivity index (χ3n) is 3.90. The molecule has 0 bridgehead atoms. The summed E-state index contributed by atoms with van der Waals surface area (Å²) in [6, 6.07) is 7.46. The van der Waals surface area contributed by atoms with Crippen LogP contribution < -0.4 is 10.1 Å². The Labute approximate surface area is 130 Å². The molecule has 1 aliphatic rings. The second-order valence-corrected chi connectivity index (χ2v) is 5.80. The van der Waals surface area contributed by atoms with Gasteiger partial charge in [-0.15, -0.1) is 0 Å². The van der Waals surface area contributed by atoms with Gasteiger partial charge in [0, 0.05) is 25.0 Å². The number of carbonyl (C=O) groups is 1. The Morgan fingerprint density at radius 1 is 1.45 bits per heavy atom. The molecule has 1 N–H and O–H groups in total. The van der Waals surface area contributed by atoms with E-state index in [1.807, 2.05) is 42.0 Å². The highest BCUT2D eigenvalue weighted by Crippen LogP contribution is 2.27. The molecule has 5 heteroatoms. The van der Waals surface area contributed by atoms with Crippen molar-refractivity contribution in [2.45, 2.75) is 44.9 Å². The maximum absolute atomic E-state index is 12.5. The highest BCUT2D eigenvalue weighted by atomic mass is 16.5. The molecule has 1 heterocycles. The predicted octanol–water partition coefficient (Wildman–Crippen LogP) is 2.63. The van der Waals surface area contributed by atoms with E-state index < -0.39 is 0 Å². The van der Waals surface area contributed by atoms with Gasteiger partial charge in [0.1, 0.15) is 5.75 Å². The van der Waals surface area contributed by atoms with Gasteiger partial charge in [0.25, 0.3) is 5.91 Å². The standard InChI is InChI=1S/C17H21N3O2/c1-13(11-20-10-9-18-12-20)19-17(21)15-7-2-3-8-16(15)22-14-5-4-6-14/h2-3,7-10,12-14H,4-6,11H2,1H3,(H,19,21)/t13-/m0/s1. The highest BCUT2D eigenvalue weighted by Gasteiger charge is 2.22. The van der Waals surface area contributed by atoms with Crippen molar-refractivity contribution in [3.8, 4) is 5.75 Å². The number of aromatic nitrogens is 2. The molecule has 5 nitrogen and oxygen atoms in total. The van der Waals surface area contributed by atoms with E-state index >= 15 is 0 Å². The number of imidazole rings is 1. The van der Waals surface area contributed by atoms with E-state index in [2.05, 4.69) is 10.3 Å². The maximum Gasteiger partial charge on any atom is 0.255 e. The predicted molar refractivity (Wildman–Crippen MR) is 83.9 cm³/mol. The van der Waals surface area contributed by atoms with Gasteiger partial charge in [-0.05, 0) is 38.3 Å². The molecule has 0 aliphatic heterocycles. The van der Waals surface area contributed by atoms with Crippen LogP contribution in [0.1, 0.15) is 36.5 Å². The quantitative estimate of drug-likeness (QED) is 0.892. The lowest BCUT2D eigenvalue weighted by atomic mass is 9.96. The Morgan fingerprint density at radius 2 is 2.27 bits per heavy atom. The molecule has 0 spiro atoms. The molecule has 1 fully saturated rings. The summed E-state index contributed by atoms with van der Waals surface area (Å²) in [4.78, 5) is 16.5. The molecular formula is C17H21N3O2. The third-order valence-corrected chi connectivity index (χ3v) is 3.90. The molecular weight excluding hydrogens is 278 g/mol. The molecule has 1 saturated carbocycles. The van der Waals surface area contributed by atoms with Crippen LogP contribution in [0.25, 0.3) is 0 Å². The van der Waals surface area contributed by atoms with E-state index in [0.29, 0.717) is 17.9 Å². The van der Waals surface area contributed by atoms with Crippen molar-refractivity contribution < 1.29 is 9.53 Å². The van der Waals surface area contributed by atoms with Gasteiger partial charge in [0.2, 0.25) is 0 Å². The van der Waals surface area contributed by atoms with Crippen LogP contribution in [-0.4, -0.2) is 27.6 Å². The smallest absolute Gasteiger partial charge is 0.255 e. The van der Waals surface area contributed by atoms with Gasteiger partial charge in [0.05, 0.1) is 18.0 Å². The Bertz CT molecular complexity index is 621. The fourth-order valence-corrected chi connectivity index (χ4v) is 2.48. The number of amides is 1. The lowest BCUT2D eigenvalue weighted by molar-refractivity contribution is 0.0912. The van der Waals surface area contributed by atoms with Gasteiger partial charge in [-0.2, -0.15) is 0 Å². The molecule has 1 aliphatic carbocycles. The normalized spacial score (nSPS) is 15.9. The summed E-state index contributed by atoms with van der Waals surface area (Å²) in [5, 5.41) is 3.02. The van der Waals surface area contributed by atoms with Crippen LogP contribution >= 0.6 is 0 Å². The first-order valence-electron chi connectivity index (χ1n) is 7.74. The highest BCUT2D eigenvalue weighted by molar-refractivity contribution is 5.97. The Balaban J connectivity index is 1.63. The van der Waals surface area contributed by atoms with E-state index in [0.717, 1.165) is 12.8 Å². The Morgan fingerprint density at radius 3 is 2.95 bits per heavy atom. The van der Waals surface area contributed by atoms with E-state index in [1.54, 1.807) is 12.5 Å². The summed E-state index contributed by atoms with van der Waals surface area (Å²) >= 11 is 0. The van der Waals surface area contributed by atoms with Crippen LogP contribution in [0.2, 0.25) is 0 Å². The number of carbonyl (C=O) groups excluding carboxylic acids is 1. The fourth-order valence-electron chi connectivity index (χ4n) is 2.48.